The fourth-order valence-electron chi connectivity index (χ4n) is 1.02. The predicted octanol–water partition coefficient (Wildman–Crippen LogP) is 1.13. The number of alkyl halides is 3. The lowest BCUT2D eigenvalue weighted by atomic mass is 10.1. The molecule has 0 spiro atoms. The van der Waals surface area contributed by atoms with Crippen molar-refractivity contribution < 1.29 is 27.8 Å². The van der Waals surface area contributed by atoms with Gasteiger partial charge in [0.05, 0.1) is 5.56 Å². The standard InChI is InChI=1S/C8H4F3N3O3/c9-8(10,11)17-5-4(7(15)16)3(1-12)2-14-6(5)13/h2H,(H2,13,14)(H,15,16). The Morgan fingerprint density at radius 1 is 1.59 bits per heavy atom. The molecule has 3 N–H and O–H groups in total. The van der Waals surface area contributed by atoms with E-state index in [1.807, 2.05) is 0 Å². The Bertz CT molecular complexity index is 507. The molecule has 0 amide bonds. The van der Waals surface area contributed by atoms with Crippen LogP contribution in [0.1, 0.15) is 15.9 Å². The Kier molecular flexibility index (Phi) is 3.08. The van der Waals surface area contributed by atoms with Crippen molar-refractivity contribution in [1.29, 1.82) is 5.26 Å². The number of ether oxygens (including phenoxy) is 1. The van der Waals surface area contributed by atoms with Crippen molar-refractivity contribution in [3.8, 4) is 11.8 Å². The van der Waals surface area contributed by atoms with E-state index < -0.39 is 35.0 Å². The number of carboxylic acids is 1. The number of carboxylic acid groups (broad SMARTS) is 1. The number of pyridine rings is 1. The number of nitrogen functional groups attached to an aromatic ring is 1. The summed E-state index contributed by atoms with van der Waals surface area (Å²) in [6.45, 7) is 0. The summed E-state index contributed by atoms with van der Waals surface area (Å²) in [5, 5.41) is 17.3. The van der Waals surface area contributed by atoms with Crippen LogP contribution in [0.4, 0.5) is 19.0 Å². The Morgan fingerprint density at radius 3 is 2.59 bits per heavy atom. The first-order valence-corrected chi connectivity index (χ1v) is 3.94. The topological polar surface area (TPSA) is 109 Å². The van der Waals surface area contributed by atoms with Gasteiger partial charge in [-0.15, -0.1) is 13.2 Å². The summed E-state index contributed by atoms with van der Waals surface area (Å²) in [6.07, 6.45) is -4.38. The summed E-state index contributed by atoms with van der Waals surface area (Å²) in [5.74, 6) is -3.72. The minimum absolute atomic E-state index is 0.578. The zero-order valence-corrected chi connectivity index (χ0v) is 7.95. The number of nitrogens with zero attached hydrogens (tertiary/aromatic N) is 2. The molecule has 0 aliphatic heterocycles. The van der Waals surface area contributed by atoms with Crippen LogP contribution in [0.2, 0.25) is 0 Å². The highest BCUT2D eigenvalue weighted by atomic mass is 19.4. The van der Waals surface area contributed by atoms with Crippen LogP contribution in [0.3, 0.4) is 0 Å². The van der Waals surface area contributed by atoms with Crippen LogP contribution < -0.4 is 10.5 Å². The number of aromatic carboxylic acids is 1. The summed E-state index contributed by atoms with van der Waals surface area (Å²) in [7, 11) is 0. The van der Waals surface area contributed by atoms with Gasteiger partial charge < -0.3 is 15.6 Å². The van der Waals surface area contributed by atoms with Crippen molar-refractivity contribution in [2.75, 3.05) is 5.73 Å². The van der Waals surface area contributed by atoms with Crippen molar-refractivity contribution in [3.63, 3.8) is 0 Å². The SMILES string of the molecule is N#Cc1cnc(N)c(OC(F)(F)F)c1C(=O)O. The molecule has 1 aromatic rings. The lowest BCUT2D eigenvalue weighted by Crippen LogP contribution is -2.21. The zero-order chi connectivity index (χ0) is 13.2. The van der Waals surface area contributed by atoms with Gasteiger partial charge in [-0.05, 0) is 0 Å². The number of carbonyl (C=O) groups is 1. The number of hydrogen-bond donors (Lipinski definition) is 2. The quantitative estimate of drug-likeness (QED) is 0.810. The van der Waals surface area contributed by atoms with Crippen molar-refractivity contribution >= 4 is 11.8 Å². The summed E-state index contributed by atoms with van der Waals surface area (Å²) < 4.78 is 39.5. The Balaban J connectivity index is 3.46. The Morgan fingerprint density at radius 2 is 2.18 bits per heavy atom. The molecule has 6 nitrogen and oxygen atoms in total. The normalized spacial score (nSPS) is 10.7. The molecule has 90 valence electrons. The van der Waals surface area contributed by atoms with Crippen molar-refractivity contribution in [1.82, 2.24) is 4.98 Å². The first kappa shape index (κ1) is 12.6. The van der Waals surface area contributed by atoms with Crippen molar-refractivity contribution in [2.24, 2.45) is 0 Å². The van der Waals surface area contributed by atoms with Gasteiger partial charge in [0.25, 0.3) is 0 Å². The highest BCUT2D eigenvalue weighted by Crippen LogP contribution is 2.32. The molecule has 0 aliphatic carbocycles. The highest BCUT2D eigenvalue weighted by Gasteiger charge is 2.35. The molecule has 1 rings (SSSR count). The van der Waals surface area contributed by atoms with Gasteiger partial charge in [-0.3, -0.25) is 0 Å². The van der Waals surface area contributed by atoms with E-state index in [1.54, 1.807) is 0 Å². The van der Waals surface area contributed by atoms with Crippen LogP contribution >= 0.6 is 0 Å². The Hall–Kier alpha value is -2.50. The molecule has 0 radical (unpaired) electrons. The second kappa shape index (κ2) is 4.17. The van der Waals surface area contributed by atoms with E-state index >= 15 is 0 Å². The average Bonchev–Trinajstić information content (AvgIpc) is 2.18. The average molecular weight is 247 g/mol. The predicted molar refractivity (Wildman–Crippen MR) is 47.0 cm³/mol. The third-order valence-electron chi connectivity index (χ3n) is 1.61. The largest absolute Gasteiger partial charge is 0.573 e. The molecule has 0 bridgehead atoms. The lowest BCUT2D eigenvalue weighted by Gasteiger charge is -2.13. The second-order valence-corrected chi connectivity index (χ2v) is 2.73. The molecular formula is C8H4F3N3O3. The fourth-order valence-corrected chi connectivity index (χ4v) is 1.02. The molecule has 0 unspecified atom stereocenters. The molecule has 0 saturated heterocycles. The van der Waals surface area contributed by atoms with E-state index in [1.165, 1.54) is 6.07 Å². The molecule has 0 fully saturated rings. The molecule has 1 aromatic heterocycles. The highest BCUT2D eigenvalue weighted by molar-refractivity contribution is 5.95. The van der Waals surface area contributed by atoms with Crippen LogP contribution in [-0.2, 0) is 0 Å². The van der Waals surface area contributed by atoms with Gasteiger partial charge in [-0.2, -0.15) is 5.26 Å². The minimum Gasteiger partial charge on any atom is -0.478 e. The third-order valence-corrected chi connectivity index (χ3v) is 1.61. The number of nitrogens with two attached hydrogens (primary N) is 1. The van der Waals surface area contributed by atoms with Crippen LogP contribution in [0, 0.1) is 11.3 Å². The summed E-state index contributed by atoms with van der Waals surface area (Å²) >= 11 is 0. The molecule has 0 aromatic carbocycles. The first-order chi connectivity index (χ1) is 7.76. The molecule has 0 atom stereocenters. The third kappa shape index (κ3) is 2.75. The number of anilines is 1. The van der Waals surface area contributed by atoms with Gasteiger partial charge in [-0.25, -0.2) is 9.78 Å². The molecule has 9 heteroatoms. The lowest BCUT2D eigenvalue weighted by molar-refractivity contribution is -0.274. The van der Waals surface area contributed by atoms with Gasteiger partial charge in [-0.1, -0.05) is 0 Å². The monoisotopic (exact) mass is 247 g/mol. The summed E-state index contributed by atoms with van der Waals surface area (Å²) in [5.41, 5.74) is 3.53. The number of aromatic nitrogens is 1. The van der Waals surface area contributed by atoms with E-state index in [4.69, 9.17) is 16.1 Å². The number of nitriles is 1. The first-order valence-electron chi connectivity index (χ1n) is 3.94. The number of rotatable bonds is 2. The van der Waals surface area contributed by atoms with Gasteiger partial charge in [0.15, 0.2) is 11.6 Å². The number of halogens is 3. The van der Waals surface area contributed by atoms with Gasteiger partial charge in [0.2, 0.25) is 0 Å². The molecular weight excluding hydrogens is 243 g/mol. The van der Waals surface area contributed by atoms with E-state index in [0.717, 1.165) is 6.20 Å². The van der Waals surface area contributed by atoms with Crippen molar-refractivity contribution in [3.05, 3.63) is 17.3 Å². The molecule has 17 heavy (non-hydrogen) atoms. The summed E-state index contributed by atoms with van der Waals surface area (Å²) in [4.78, 5) is 14.0. The maximum atomic E-state index is 12.0. The molecule has 0 aliphatic rings. The summed E-state index contributed by atoms with van der Waals surface area (Å²) in [6, 6.07) is 1.38. The van der Waals surface area contributed by atoms with E-state index in [9.17, 15) is 18.0 Å². The maximum Gasteiger partial charge on any atom is 0.573 e. The van der Waals surface area contributed by atoms with Crippen LogP contribution in [-0.4, -0.2) is 22.4 Å². The fraction of sp³-hybridized carbons (Fsp3) is 0.125. The number of hydrogen-bond acceptors (Lipinski definition) is 5. The maximum absolute atomic E-state index is 12.0. The van der Waals surface area contributed by atoms with Gasteiger partial charge >= 0.3 is 12.3 Å². The van der Waals surface area contributed by atoms with E-state index in [-0.39, 0.29) is 0 Å². The Labute approximate surface area is 92.0 Å². The van der Waals surface area contributed by atoms with E-state index in [2.05, 4.69) is 9.72 Å². The zero-order valence-electron chi connectivity index (χ0n) is 7.95. The van der Waals surface area contributed by atoms with Crippen LogP contribution in [0.15, 0.2) is 6.20 Å². The van der Waals surface area contributed by atoms with Crippen LogP contribution in [0.5, 0.6) is 5.75 Å². The van der Waals surface area contributed by atoms with Gasteiger partial charge in [0, 0.05) is 6.20 Å². The smallest absolute Gasteiger partial charge is 0.478 e. The van der Waals surface area contributed by atoms with Crippen molar-refractivity contribution in [2.45, 2.75) is 6.36 Å². The van der Waals surface area contributed by atoms with E-state index in [0.29, 0.717) is 0 Å². The molecule has 0 saturated carbocycles. The van der Waals surface area contributed by atoms with Gasteiger partial charge in [0.1, 0.15) is 11.6 Å². The molecule has 1 heterocycles. The second-order valence-electron chi connectivity index (χ2n) is 2.73. The van der Waals surface area contributed by atoms with Crippen LogP contribution in [0.25, 0.3) is 0 Å². The minimum atomic E-state index is -5.13.